The van der Waals surface area contributed by atoms with E-state index in [0.29, 0.717) is 13.2 Å². The third kappa shape index (κ3) is 3.12. The van der Waals surface area contributed by atoms with Gasteiger partial charge in [-0.05, 0) is 26.8 Å². The molecule has 2 N–H and O–H groups in total. The molecule has 1 aromatic carbocycles. The molecule has 1 aliphatic rings. The number of nitrogens with zero attached hydrogens (tertiary/aromatic N) is 2. The van der Waals surface area contributed by atoms with Gasteiger partial charge in [0.2, 0.25) is 0 Å². The SMILES string of the molecule is CC(C)(C)n1cc(CNC2(CO)CCOc3ccccc32)cn1. The second-order valence-corrected chi connectivity index (χ2v) is 7.15. The van der Waals surface area contributed by atoms with Crippen molar-refractivity contribution < 1.29 is 9.84 Å². The highest BCUT2D eigenvalue weighted by atomic mass is 16.5. The van der Waals surface area contributed by atoms with Gasteiger partial charge < -0.3 is 15.2 Å². The van der Waals surface area contributed by atoms with Crippen molar-refractivity contribution in [3.63, 3.8) is 0 Å². The van der Waals surface area contributed by atoms with Crippen molar-refractivity contribution in [1.82, 2.24) is 15.1 Å². The first-order valence-corrected chi connectivity index (χ1v) is 8.07. The number of nitrogens with one attached hydrogen (secondary N) is 1. The lowest BCUT2D eigenvalue weighted by molar-refractivity contribution is 0.106. The lowest BCUT2D eigenvalue weighted by atomic mass is 9.85. The topological polar surface area (TPSA) is 59.3 Å². The predicted octanol–water partition coefficient (Wildman–Crippen LogP) is 2.40. The second-order valence-electron chi connectivity index (χ2n) is 7.15. The summed E-state index contributed by atoms with van der Waals surface area (Å²) in [6.07, 6.45) is 4.69. The van der Waals surface area contributed by atoms with Crippen molar-refractivity contribution in [2.75, 3.05) is 13.2 Å². The molecule has 0 fully saturated rings. The van der Waals surface area contributed by atoms with E-state index in [1.165, 1.54) is 0 Å². The summed E-state index contributed by atoms with van der Waals surface area (Å²) in [7, 11) is 0. The van der Waals surface area contributed by atoms with Crippen LogP contribution in [-0.4, -0.2) is 28.1 Å². The normalized spacial score (nSPS) is 20.9. The monoisotopic (exact) mass is 315 g/mol. The summed E-state index contributed by atoms with van der Waals surface area (Å²) >= 11 is 0. The molecule has 23 heavy (non-hydrogen) atoms. The quantitative estimate of drug-likeness (QED) is 0.909. The number of para-hydroxylation sites is 1. The van der Waals surface area contributed by atoms with Crippen LogP contribution in [0.3, 0.4) is 0 Å². The van der Waals surface area contributed by atoms with Crippen LogP contribution in [0.5, 0.6) is 5.75 Å². The summed E-state index contributed by atoms with van der Waals surface area (Å²) in [5, 5.41) is 18.0. The Morgan fingerprint density at radius 2 is 2.13 bits per heavy atom. The first-order valence-electron chi connectivity index (χ1n) is 8.07. The van der Waals surface area contributed by atoms with Gasteiger partial charge in [0, 0.05) is 30.3 Å². The maximum Gasteiger partial charge on any atom is 0.124 e. The molecule has 1 aliphatic heterocycles. The van der Waals surface area contributed by atoms with Gasteiger partial charge in [0.05, 0.1) is 30.5 Å². The zero-order chi connectivity index (χ0) is 16.5. The number of aliphatic hydroxyl groups is 1. The van der Waals surface area contributed by atoms with Crippen LogP contribution in [0.4, 0.5) is 0 Å². The Bertz CT molecular complexity index is 675. The number of aromatic nitrogens is 2. The minimum atomic E-state index is -0.460. The molecular formula is C18H25N3O2. The Morgan fingerprint density at radius 1 is 1.35 bits per heavy atom. The van der Waals surface area contributed by atoms with Gasteiger partial charge in [0.1, 0.15) is 5.75 Å². The zero-order valence-corrected chi connectivity index (χ0v) is 14.0. The van der Waals surface area contributed by atoms with Crippen LogP contribution in [0.2, 0.25) is 0 Å². The maximum atomic E-state index is 10.1. The van der Waals surface area contributed by atoms with Gasteiger partial charge in [-0.25, -0.2) is 0 Å². The van der Waals surface area contributed by atoms with Gasteiger partial charge in [-0.3, -0.25) is 4.68 Å². The van der Waals surface area contributed by atoms with Crippen molar-refractivity contribution in [1.29, 1.82) is 0 Å². The van der Waals surface area contributed by atoms with E-state index in [9.17, 15) is 5.11 Å². The first kappa shape index (κ1) is 16.0. The number of fused-ring (bicyclic) bond motifs is 1. The van der Waals surface area contributed by atoms with E-state index in [4.69, 9.17) is 4.74 Å². The van der Waals surface area contributed by atoms with Gasteiger partial charge in [0.25, 0.3) is 0 Å². The molecule has 1 atom stereocenters. The maximum absolute atomic E-state index is 10.1. The van der Waals surface area contributed by atoms with E-state index in [2.05, 4.69) is 37.4 Å². The van der Waals surface area contributed by atoms with Crippen molar-refractivity contribution in [2.45, 2.75) is 44.8 Å². The molecule has 0 bridgehead atoms. The lowest BCUT2D eigenvalue weighted by Crippen LogP contribution is -2.48. The molecule has 2 aromatic rings. The smallest absolute Gasteiger partial charge is 0.124 e. The standard InChI is InChI=1S/C18H25N3O2/c1-17(2,3)21-12-14(11-20-21)10-19-18(13-22)8-9-23-16-7-5-4-6-15(16)18/h4-7,11-12,19,22H,8-10,13H2,1-3H3. The number of rotatable bonds is 4. The fourth-order valence-electron chi connectivity index (χ4n) is 2.95. The molecule has 0 amide bonds. The van der Waals surface area contributed by atoms with Crippen molar-refractivity contribution >= 4 is 0 Å². The van der Waals surface area contributed by atoms with Crippen LogP contribution in [0.1, 0.15) is 38.3 Å². The zero-order valence-electron chi connectivity index (χ0n) is 14.0. The predicted molar refractivity (Wildman–Crippen MR) is 89.4 cm³/mol. The summed E-state index contributed by atoms with van der Waals surface area (Å²) in [4.78, 5) is 0. The summed E-state index contributed by atoms with van der Waals surface area (Å²) in [6, 6.07) is 7.92. The summed E-state index contributed by atoms with van der Waals surface area (Å²) in [5.41, 5.74) is 1.64. The molecule has 0 spiro atoms. The van der Waals surface area contributed by atoms with Crippen LogP contribution in [0, 0.1) is 0 Å². The van der Waals surface area contributed by atoms with Crippen molar-refractivity contribution in [3.05, 3.63) is 47.8 Å². The van der Waals surface area contributed by atoms with Crippen LogP contribution in [0.15, 0.2) is 36.7 Å². The van der Waals surface area contributed by atoms with E-state index in [0.717, 1.165) is 23.3 Å². The Morgan fingerprint density at radius 3 is 2.83 bits per heavy atom. The molecular weight excluding hydrogens is 290 g/mol. The molecule has 0 radical (unpaired) electrons. The van der Waals surface area contributed by atoms with Crippen molar-refractivity contribution in [3.8, 4) is 5.75 Å². The van der Waals surface area contributed by atoms with Crippen LogP contribution in [-0.2, 0) is 17.6 Å². The van der Waals surface area contributed by atoms with Gasteiger partial charge in [-0.2, -0.15) is 5.10 Å². The fraction of sp³-hybridized carbons (Fsp3) is 0.500. The summed E-state index contributed by atoms with van der Waals surface area (Å²) < 4.78 is 7.68. The van der Waals surface area contributed by atoms with Gasteiger partial charge in [-0.15, -0.1) is 0 Å². The number of ether oxygens (including phenoxy) is 1. The largest absolute Gasteiger partial charge is 0.493 e. The average Bonchev–Trinajstić information content (AvgIpc) is 3.02. The Balaban J connectivity index is 1.80. The molecule has 1 unspecified atom stereocenters. The van der Waals surface area contributed by atoms with Gasteiger partial charge >= 0.3 is 0 Å². The van der Waals surface area contributed by atoms with E-state index < -0.39 is 5.54 Å². The van der Waals surface area contributed by atoms with E-state index >= 15 is 0 Å². The number of hydrogen-bond donors (Lipinski definition) is 2. The Hall–Kier alpha value is -1.85. The van der Waals surface area contributed by atoms with E-state index in [-0.39, 0.29) is 12.1 Å². The third-order valence-corrected chi connectivity index (χ3v) is 4.41. The highest BCUT2D eigenvalue weighted by molar-refractivity contribution is 5.41. The fourth-order valence-corrected chi connectivity index (χ4v) is 2.95. The number of hydrogen-bond acceptors (Lipinski definition) is 4. The highest BCUT2D eigenvalue weighted by Gasteiger charge is 2.36. The molecule has 5 nitrogen and oxygen atoms in total. The molecule has 0 saturated heterocycles. The highest BCUT2D eigenvalue weighted by Crippen LogP contribution is 2.36. The molecule has 124 valence electrons. The van der Waals surface area contributed by atoms with E-state index in [1.54, 1.807) is 0 Å². The third-order valence-electron chi connectivity index (χ3n) is 4.41. The van der Waals surface area contributed by atoms with Gasteiger partial charge in [0.15, 0.2) is 0 Å². The molecule has 3 rings (SSSR count). The second kappa shape index (κ2) is 5.98. The molecule has 2 heterocycles. The van der Waals surface area contributed by atoms with Gasteiger partial charge in [-0.1, -0.05) is 18.2 Å². The Kier molecular flexibility index (Phi) is 4.17. The van der Waals surface area contributed by atoms with Crippen LogP contribution < -0.4 is 10.1 Å². The minimum Gasteiger partial charge on any atom is -0.493 e. The molecule has 1 aromatic heterocycles. The molecule has 0 aliphatic carbocycles. The number of aliphatic hydroxyl groups excluding tert-OH is 1. The summed E-state index contributed by atoms with van der Waals surface area (Å²) in [6.45, 7) is 7.68. The van der Waals surface area contributed by atoms with E-state index in [1.807, 2.05) is 35.1 Å². The van der Waals surface area contributed by atoms with Crippen LogP contribution in [0.25, 0.3) is 0 Å². The van der Waals surface area contributed by atoms with Crippen LogP contribution >= 0.6 is 0 Å². The molecule has 0 saturated carbocycles. The van der Waals surface area contributed by atoms with Crippen molar-refractivity contribution in [2.24, 2.45) is 0 Å². The molecule has 5 heteroatoms. The first-order chi connectivity index (χ1) is 10.9. The number of benzene rings is 1. The summed E-state index contributed by atoms with van der Waals surface area (Å²) in [5.74, 6) is 0.852. The lowest BCUT2D eigenvalue weighted by Gasteiger charge is -2.38. The minimum absolute atomic E-state index is 0.0296. The average molecular weight is 315 g/mol. The Labute approximate surface area is 137 Å².